The fraction of sp³-hybridized carbons (Fsp3) is 0.462. The van der Waals surface area contributed by atoms with Crippen LogP contribution < -0.4 is 4.74 Å². The van der Waals surface area contributed by atoms with Crippen molar-refractivity contribution in [3.63, 3.8) is 0 Å². The fourth-order valence-corrected chi connectivity index (χ4v) is 2.08. The number of amides is 1. The van der Waals surface area contributed by atoms with Crippen molar-refractivity contribution < 1.29 is 9.53 Å². The number of nitrogens with zero attached hydrogens (tertiary/aromatic N) is 1. The number of aryl methyl sites for hydroxylation is 1. The number of carbonyl (C=O) groups excluding carboxylic acids is 1. The van der Waals surface area contributed by atoms with Crippen LogP contribution in [0.25, 0.3) is 0 Å². The molecule has 16 heavy (non-hydrogen) atoms. The lowest BCUT2D eigenvalue weighted by atomic mass is 10.1. The second kappa shape index (κ2) is 4.56. The van der Waals surface area contributed by atoms with Crippen LogP contribution >= 0.6 is 0 Å². The number of hydrogen-bond donors (Lipinski definition) is 0. The van der Waals surface area contributed by atoms with Crippen LogP contribution in [0.2, 0.25) is 0 Å². The molecule has 86 valence electrons. The molecule has 0 atom stereocenters. The standard InChI is InChI=1S/C13H17NO2/c1-10-5-6-12(16-2)11(9-10)13(15)14-7-3-4-8-14/h5-6,9H,3-4,7-8H2,1-2H3. The fourth-order valence-electron chi connectivity index (χ4n) is 2.08. The summed E-state index contributed by atoms with van der Waals surface area (Å²) in [7, 11) is 1.60. The van der Waals surface area contributed by atoms with Crippen LogP contribution in [0.4, 0.5) is 0 Å². The average Bonchev–Trinajstić information content (AvgIpc) is 2.81. The minimum Gasteiger partial charge on any atom is -0.496 e. The van der Waals surface area contributed by atoms with Crippen molar-refractivity contribution in [2.45, 2.75) is 19.8 Å². The normalized spacial score (nSPS) is 15.2. The summed E-state index contributed by atoms with van der Waals surface area (Å²) in [6.45, 7) is 3.73. The summed E-state index contributed by atoms with van der Waals surface area (Å²) in [5.41, 5.74) is 1.77. The van der Waals surface area contributed by atoms with E-state index in [9.17, 15) is 4.79 Å². The van der Waals surface area contributed by atoms with E-state index in [0.29, 0.717) is 11.3 Å². The number of carbonyl (C=O) groups is 1. The molecule has 0 aromatic heterocycles. The van der Waals surface area contributed by atoms with Gasteiger partial charge in [0.2, 0.25) is 0 Å². The molecule has 1 fully saturated rings. The van der Waals surface area contributed by atoms with Gasteiger partial charge in [-0.3, -0.25) is 4.79 Å². The topological polar surface area (TPSA) is 29.5 Å². The van der Waals surface area contributed by atoms with Crippen molar-refractivity contribution in [2.24, 2.45) is 0 Å². The third-order valence-electron chi connectivity index (χ3n) is 2.98. The van der Waals surface area contributed by atoms with Gasteiger partial charge in [0.15, 0.2) is 0 Å². The lowest BCUT2D eigenvalue weighted by Crippen LogP contribution is -2.28. The van der Waals surface area contributed by atoms with Crippen LogP contribution in [-0.4, -0.2) is 31.0 Å². The largest absolute Gasteiger partial charge is 0.496 e. The highest BCUT2D eigenvalue weighted by Gasteiger charge is 2.22. The molecule has 1 amide bonds. The zero-order chi connectivity index (χ0) is 11.5. The van der Waals surface area contributed by atoms with Gasteiger partial charge >= 0.3 is 0 Å². The molecule has 0 unspecified atom stereocenters. The summed E-state index contributed by atoms with van der Waals surface area (Å²) in [6, 6.07) is 5.72. The molecule has 1 aliphatic heterocycles. The van der Waals surface area contributed by atoms with Crippen molar-refractivity contribution in [1.29, 1.82) is 0 Å². The molecular formula is C13H17NO2. The molecule has 1 aromatic carbocycles. The van der Waals surface area contributed by atoms with Crippen LogP contribution in [0.1, 0.15) is 28.8 Å². The summed E-state index contributed by atoms with van der Waals surface area (Å²) in [5, 5.41) is 0. The molecule has 0 N–H and O–H groups in total. The minimum atomic E-state index is 0.0954. The third-order valence-corrected chi connectivity index (χ3v) is 2.98. The maximum absolute atomic E-state index is 12.2. The maximum atomic E-state index is 12.2. The molecule has 0 aliphatic carbocycles. The zero-order valence-electron chi connectivity index (χ0n) is 9.82. The number of methoxy groups -OCH3 is 1. The predicted molar refractivity (Wildman–Crippen MR) is 62.9 cm³/mol. The Bertz CT molecular complexity index is 395. The van der Waals surface area contributed by atoms with E-state index < -0.39 is 0 Å². The lowest BCUT2D eigenvalue weighted by molar-refractivity contribution is 0.0789. The van der Waals surface area contributed by atoms with Crippen molar-refractivity contribution in [2.75, 3.05) is 20.2 Å². The van der Waals surface area contributed by atoms with Crippen LogP contribution in [-0.2, 0) is 0 Å². The third kappa shape index (κ3) is 2.03. The molecular weight excluding hydrogens is 202 g/mol. The molecule has 1 aromatic rings. The molecule has 0 bridgehead atoms. The van der Waals surface area contributed by atoms with Gasteiger partial charge in [0.05, 0.1) is 12.7 Å². The molecule has 3 nitrogen and oxygen atoms in total. The Hall–Kier alpha value is -1.51. The smallest absolute Gasteiger partial charge is 0.257 e. The zero-order valence-corrected chi connectivity index (χ0v) is 9.82. The summed E-state index contributed by atoms with van der Waals surface area (Å²) in [6.07, 6.45) is 2.22. The average molecular weight is 219 g/mol. The van der Waals surface area contributed by atoms with E-state index in [0.717, 1.165) is 31.5 Å². The van der Waals surface area contributed by atoms with Gasteiger partial charge in [-0.25, -0.2) is 0 Å². The number of hydrogen-bond acceptors (Lipinski definition) is 2. The summed E-state index contributed by atoms with van der Waals surface area (Å²) in [5.74, 6) is 0.764. The van der Waals surface area contributed by atoms with Crippen LogP contribution in [0.15, 0.2) is 18.2 Å². The first kappa shape index (κ1) is 11.0. The summed E-state index contributed by atoms with van der Waals surface area (Å²) >= 11 is 0. The van der Waals surface area contributed by atoms with Gasteiger partial charge in [-0.2, -0.15) is 0 Å². The molecule has 1 heterocycles. The van der Waals surface area contributed by atoms with Gasteiger partial charge in [0.1, 0.15) is 5.75 Å². The number of rotatable bonds is 2. The van der Waals surface area contributed by atoms with Gasteiger partial charge in [0, 0.05) is 13.1 Å². The van der Waals surface area contributed by atoms with E-state index in [1.54, 1.807) is 7.11 Å². The second-order valence-corrected chi connectivity index (χ2v) is 4.20. The van der Waals surface area contributed by atoms with Gasteiger partial charge in [-0.15, -0.1) is 0 Å². The van der Waals surface area contributed by atoms with Crippen LogP contribution in [0.3, 0.4) is 0 Å². The van der Waals surface area contributed by atoms with E-state index >= 15 is 0 Å². The summed E-state index contributed by atoms with van der Waals surface area (Å²) in [4.78, 5) is 14.1. The molecule has 0 saturated carbocycles. The highest BCUT2D eigenvalue weighted by molar-refractivity contribution is 5.97. The first-order valence-electron chi connectivity index (χ1n) is 5.66. The van der Waals surface area contributed by atoms with Gasteiger partial charge in [-0.1, -0.05) is 11.6 Å². The van der Waals surface area contributed by atoms with Gasteiger partial charge in [-0.05, 0) is 31.9 Å². The number of likely N-dealkylation sites (tertiary alicyclic amines) is 1. The quantitative estimate of drug-likeness (QED) is 0.763. The molecule has 0 radical (unpaired) electrons. The van der Waals surface area contributed by atoms with Crippen molar-refractivity contribution in [1.82, 2.24) is 4.90 Å². The van der Waals surface area contributed by atoms with Crippen LogP contribution in [0, 0.1) is 6.92 Å². The highest BCUT2D eigenvalue weighted by Crippen LogP contribution is 2.23. The van der Waals surface area contributed by atoms with E-state index in [-0.39, 0.29) is 5.91 Å². The second-order valence-electron chi connectivity index (χ2n) is 4.20. The molecule has 1 aliphatic rings. The number of ether oxygens (including phenoxy) is 1. The van der Waals surface area contributed by atoms with Crippen molar-refractivity contribution in [3.8, 4) is 5.75 Å². The monoisotopic (exact) mass is 219 g/mol. The SMILES string of the molecule is COc1ccc(C)cc1C(=O)N1CCCC1. The molecule has 3 heteroatoms. The molecule has 0 spiro atoms. The Balaban J connectivity index is 2.30. The minimum absolute atomic E-state index is 0.0954. The van der Waals surface area contributed by atoms with E-state index in [2.05, 4.69) is 0 Å². The van der Waals surface area contributed by atoms with Gasteiger partial charge < -0.3 is 9.64 Å². The highest BCUT2D eigenvalue weighted by atomic mass is 16.5. The first-order chi connectivity index (χ1) is 7.72. The molecule has 1 saturated heterocycles. The Kier molecular flexibility index (Phi) is 3.13. The van der Waals surface area contributed by atoms with Crippen molar-refractivity contribution in [3.05, 3.63) is 29.3 Å². The van der Waals surface area contributed by atoms with E-state index in [1.807, 2.05) is 30.0 Å². The number of benzene rings is 1. The Morgan fingerprint density at radius 2 is 2.00 bits per heavy atom. The Morgan fingerprint density at radius 1 is 1.31 bits per heavy atom. The maximum Gasteiger partial charge on any atom is 0.257 e. The van der Waals surface area contributed by atoms with E-state index in [1.165, 1.54) is 0 Å². The summed E-state index contributed by atoms with van der Waals surface area (Å²) < 4.78 is 5.23. The van der Waals surface area contributed by atoms with Gasteiger partial charge in [0.25, 0.3) is 5.91 Å². The van der Waals surface area contributed by atoms with Crippen LogP contribution in [0.5, 0.6) is 5.75 Å². The van der Waals surface area contributed by atoms with Crippen molar-refractivity contribution >= 4 is 5.91 Å². The Morgan fingerprint density at radius 3 is 2.62 bits per heavy atom. The lowest BCUT2D eigenvalue weighted by Gasteiger charge is -2.17. The molecule has 2 rings (SSSR count). The predicted octanol–water partition coefficient (Wildman–Crippen LogP) is 2.24. The first-order valence-corrected chi connectivity index (χ1v) is 5.66. The van der Waals surface area contributed by atoms with E-state index in [4.69, 9.17) is 4.74 Å². The Labute approximate surface area is 96.0 Å².